The maximum absolute atomic E-state index is 12.6. The Morgan fingerprint density at radius 3 is 2.73 bits per heavy atom. The predicted octanol–water partition coefficient (Wildman–Crippen LogP) is 5.25. The van der Waals surface area contributed by atoms with Crippen molar-refractivity contribution in [3.8, 4) is 11.3 Å². The average molecular weight is 445 g/mol. The molecular formula is C20H17BrN2OS2. The molecule has 0 bridgehead atoms. The molecule has 0 atom stereocenters. The molecular weight excluding hydrogens is 428 g/mol. The van der Waals surface area contributed by atoms with Crippen molar-refractivity contribution in [3.05, 3.63) is 69.5 Å². The van der Waals surface area contributed by atoms with E-state index in [1.165, 1.54) is 22.9 Å². The molecule has 6 heteroatoms. The largest absolute Gasteiger partial charge is 0.337 e. The van der Waals surface area contributed by atoms with Crippen molar-refractivity contribution in [1.29, 1.82) is 0 Å². The summed E-state index contributed by atoms with van der Waals surface area (Å²) in [6, 6.07) is 16.5. The number of hydrogen-bond acceptors (Lipinski definition) is 4. The van der Waals surface area contributed by atoms with Gasteiger partial charge in [-0.3, -0.25) is 4.79 Å². The molecule has 0 saturated carbocycles. The molecule has 26 heavy (non-hydrogen) atoms. The van der Waals surface area contributed by atoms with Gasteiger partial charge in [-0.05, 0) is 29.7 Å². The van der Waals surface area contributed by atoms with E-state index in [9.17, 15) is 4.79 Å². The standard InChI is InChI=1S/C20H17BrN2OS2/c21-17-7-5-15(6-8-17)18-12-25-20(22-18)26-13-19(24)23-10-9-14-3-1-2-4-16(14)11-23/h1-8,12H,9-11,13H2. The van der Waals surface area contributed by atoms with Crippen LogP contribution in [-0.2, 0) is 17.8 Å². The van der Waals surface area contributed by atoms with Crippen LogP contribution in [0.3, 0.4) is 0 Å². The molecule has 2 aromatic carbocycles. The first-order valence-corrected chi connectivity index (χ1v) is 11.0. The Balaban J connectivity index is 1.36. The lowest BCUT2D eigenvalue weighted by Gasteiger charge is -2.28. The Morgan fingerprint density at radius 2 is 1.92 bits per heavy atom. The molecule has 3 nitrogen and oxygen atoms in total. The summed E-state index contributed by atoms with van der Waals surface area (Å²) in [4.78, 5) is 19.2. The third-order valence-electron chi connectivity index (χ3n) is 4.43. The lowest BCUT2D eigenvalue weighted by molar-refractivity contribution is -0.129. The highest BCUT2D eigenvalue weighted by molar-refractivity contribution is 9.10. The number of thioether (sulfide) groups is 1. The molecule has 0 unspecified atom stereocenters. The van der Waals surface area contributed by atoms with E-state index in [2.05, 4.69) is 39.1 Å². The molecule has 2 heterocycles. The third kappa shape index (κ3) is 4.03. The van der Waals surface area contributed by atoms with Gasteiger partial charge < -0.3 is 4.90 Å². The van der Waals surface area contributed by atoms with Crippen LogP contribution in [0.1, 0.15) is 11.1 Å². The lowest BCUT2D eigenvalue weighted by atomic mass is 10.00. The van der Waals surface area contributed by atoms with E-state index in [1.807, 2.05) is 40.6 Å². The zero-order valence-electron chi connectivity index (χ0n) is 14.0. The van der Waals surface area contributed by atoms with Crippen LogP contribution >= 0.6 is 39.0 Å². The van der Waals surface area contributed by atoms with Crippen molar-refractivity contribution in [2.24, 2.45) is 0 Å². The molecule has 132 valence electrons. The molecule has 0 radical (unpaired) electrons. The first-order chi connectivity index (χ1) is 12.7. The van der Waals surface area contributed by atoms with Crippen LogP contribution in [0.4, 0.5) is 0 Å². The molecule has 3 aromatic rings. The maximum atomic E-state index is 12.6. The van der Waals surface area contributed by atoms with Gasteiger partial charge in [-0.15, -0.1) is 11.3 Å². The normalized spacial score (nSPS) is 13.5. The fraction of sp³-hybridized carbons (Fsp3) is 0.200. The van der Waals surface area contributed by atoms with Crippen molar-refractivity contribution in [3.63, 3.8) is 0 Å². The van der Waals surface area contributed by atoms with Gasteiger partial charge in [-0.2, -0.15) is 0 Å². The van der Waals surface area contributed by atoms with Gasteiger partial charge in [0.25, 0.3) is 0 Å². The number of halogens is 1. The van der Waals surface area contributed by atoms with E-state index < -0.39 is 0 Å². The smallest absolute Gasteiger partial charge is 0.233 e. The van der Waals surface area contributed by atoms with Crippen LogP contribution in [0.15, 0.2) is 62.7 Å². The lowest BCUT2D eigenvalue weighted by Crippen LogP contribution is -2.37. The zero-order chi connectivity index (χ0) is 17.9. The summed E-state index contributed by atoms with van der Waals surface area (Å²) in [6.45, 7) is 1.52. The summed E-state index contributed by atoms with van der Waals surface area (Å²) in [5, 5.41) is 2.05. The van der Waals surface area contributed by atoms with Gasteiger partial charge in [0.2, 0.25) is 5.91 Å². The number of carbonyl (C=O) groups excluding carboxylic acids is 1. The Bertz CT molecular complexity index is 924. The monoisotopic (exact) mass is 444 g/mol. The third-order valence-corrected chi connectivity index (χ3v) is 6.96. The number of carbonyl (C=O) groups is 1. The Labute approximate surface area is 169 Å². The van der Waals surface area contributed by atoms with Gasteiger partial charge in [-0.1, -0.05) is 64.1 Å². The van der Waals surface area contributed by atoms with Crippen LogP contribution in [-0.4, -0.2) is 28.1 Å². The molecule has 1 aromatic heterocycles. The van der Waals surface area contributed by atoms with Crippen LogP contribution in [0.5, 0.6) is 0 Å². The summed E-state index contributed by atoms with van der Waals surface area (Å²) < 4.78 is 1.99. The topological polar surface area (TPSA) is 33.2 Å². The molecule has 0 aliphatic carbocycles. The highest BCUT2D eigenvalue weighted by atomic mass is 79.9. The molecule has 1 aliphatic heterocycles. The van der Waals surface area contributed by atoms with Crippen LogP contribution < -0.4 is 0 Å². The summed E-state index contributed by atoms with van der Waals surface area (Å²) in [5.41, 5.74) is 4.69. The number of amides is 1. The average Bonchev–Trinajstić information content (AvgIpc) is 3.15. The van der Waals surface area contributed by atoms with Gasteiger partial charge in [0.15, 0.2) is 4.34 Å². The van der Waals surface area contributed by atoms with Gasteiger partial charge in [-0.25, -0.2) is 4.98 Å². The summed E-state index contributed by atoms with van der Waals surface area (Å²) in [5.74, 6) is 0.625. The Morgan fingerprint density at radius 1 is 1.15 bits per heavy atom. The summed E-state index contributed by atoms with van der Waals surface area (Å²) in [6.07, 6.45) is 0.942. The number of hydrogen-bond donors (Lipinski definition) is 0. The van der Waals surface area contributed by atoms with Gasteiger partial charge >= 0.3 is 0 Å². The number of benzene rings is 2. The van der Waals surface area contributed by atoms with Crippen LogP contribution in [0, 0.1) is 0 Å². The van der Waals surface area contributed by atoms with E-state index in [0.29, 0.717) is 5.75 Å². The quantitative estimate of drug-likeness (QED) is 0.515. The van der Waals surface area contributed by atoms with Gasteiger partial charge in [0, 0.05) is 28.5 Å². The van der Waals surface area contributed by atoms with Crippen LogP contribution in [0.2, 0.25) is 0 Å². The van der Waals surface area contributed by atoms with E-state index in [1.54, 1.807) is 11.3 Å². The summed E-state index contributed by atoms with van der Waals surface area (Å²) >= 11 is 6.57. The minimum Gasteiger partial charge on any atom is -0.337 e. The van der Waals surface area contributed by atoms with Crippen molar-refractivity contribution in [1.82, 2.24) is 9.88 Å². The van der Waals surface area contributed by atoms with Crippen molar-refractivity contribution in [2.45, 2.75) is 17.3 Å². The van der Waals surface area contributed by atoms with Crippen molar-refractivity contribution < 1.29 is 4.79 Å². The van der Waals surface area contributed by atoms with E-state index in [0.717, 1.165) is 39.6 Å². The van der Waals surface area contributed by atoms with Gasteiger partial charge in [0.1, 0.15) is 0 Å². The minimum absolute atomic E-state index is 0.185. The van der Waals surface area contributed by atoms with Crippen molar-refractivity contribution >= 4 is 44.9 Å². The second-order valence-corrected chi connectivity index (χ2v) is 9.12. The fourth-order valence-electron chi connectivity index (χ4n) is 3.00. The van der Waals surface area contributed by atoms with Crippen molar-refractivity contribution in [2.75, 3.05) is 12.3 Å². The Hall–Kier alpha value is -1.63. The second kappa shape index (κ2) is 7.94. The second-order valence-electron chi connectivity index (χ2n) is 6.13. The molecule has 1 amide bonds. The number of rotatable bonds is 4. The summed E-state index contributed by atoms with van der Waals surface area (Å²) in [7, 11) is 0. The first kappa shape index (κ1) is 17.8. The minimum atomic E-state index is 0.185. The van der Waals surface area contributed by atoms with E-state index in [4.69, 9.17) is 0 Å². The number of thiazole rings is 1. The van der Waals surface area contributed by atoms with E-state index >= 15 is 0 Å². The predicted molar refractivity (Wildman–Crippen MR) is 112 cm³/mol. The van der Waals surface area contributed by atoms with Crippen LogP contribution in [0.25, 0.3) is 11.3 Å². The molecule has 1 aliphatic rings. The Kier molecular flexibility index (Phi) is 5.43. The zero-order valence-corrected chi connectivity index (χ0v) is 17.2. The molecule has 4 rings (SSSR count). The highest BCUT2D eigenvalue weighted by Crippen LogP contribution is 2.29. The molecule has 0 fully saturated rings. The highest BCUT2D eigenvalue weighted by Gasteiger charge is 2.20. The molecule has 0 spiro atoms. The fourth-order valence-corrected chi connectivity index (χ4v) is 5.00. The molecule has 0 N–H and O–H groups in total. The number of aromatic nitrogens is 1. The number of nitrogens with zero attached hydrogens (tertiary/aromatic N) is 2. The van der Waals surface area contributed by atoms with E-state index in [-0.39, 0.29) is 5.91 Å². The molecule has 0 saturated heterocycles. The van der Waals surface area contributed by atoms with Gasteiger partial charge in [0.05, 0.1) is 11.4 Å². The first-order valence-electron chi connectivity index (χ1n) is 8.38. The maximum Gasteiger partial charge on any atom is 0.233 e. The SMILES string of the molecule is O=C(CSc1nc(-c2ccc(Br)cc2)cs1)N1CCc2ccccc2C1. The number of fused-ring (bicyclic) bond motifs is 1.